The molecule has 166 valence electrons. The Balaban J connectivity index is 1.63. The molecule has 8 nitrogen and oxygen atoms in total. The highest BCUT2D eigenvalue weighted by molar-refractivity contribution is 5.96. The summed E-state index contributed by atoms with van der Waals surface area (Å²) in [6.45, 7) is 1.40. The van der Waals surface area contributed by atoms with E-state index in [0.717, 1.165) is 5.56 Å². The van der Waals surface area contributed by atoms with Crippen LogP contribution in [0.15, 0.2) is 66.9 Å². The number of hydrogen-bond acceptors (Lipinski definition) is 7. The SMILES string of the molecule is COc1ccccc1Nc1ncccc1C(=O)OCC(=O)NC(C)c1ccccc1OC. The smallest absolute Gasteiger partial charge is 0.342 e. The number of benzene rings is 2. The van der Waals surface area contributed by atoms with Crippen molar-refractivity contribution in [3.05, 3.63) is 78.0 Å². The molecule has 0 fully saturated rings. The van der Waals surface area contributed by atoms with Crippen LogP contribution < -0.4 is 20.1 Å². The van der Waals surface area contributed by atoms with Gasteiger partial charge >= 0.3 is 5.97 Å². The van der Waals surface area contributed by atoms with E-state index in [9.17, 15) is 9.59 Å². The number of carbonyl (C=O) groups excluding carboxylic acids is 2. The van der Waals surface area contributed by atoms with Crippen molar-refractivity contribution in [3.8, 4) is 11.5 Å². The van der Waals surface area contributed by atoms with Gasteiger partial charge in [0, 0.05) is 11.8 Å². The highest BCUT2D eigenvalue weighted by Gasteiger charge is 2.18. The van der Waals surface area contributed by atoms with E-state index in [1.165, 1.54) is 0 Å². The van der Waals surface area contributed by atoms with Crippen molar-refractivity contribution < 1.29 is 23.8 Å². The van der Waals surface area contributed by atoms with Crippen LogP contribution in [0.25, 0.3) is 0 Å². The molecule has 1 aromatic heterocycles. The number of methoxy groups -OCH3 is 2. The summed E-state index contributed by atoms with van der Waals surface area (Å²) in [4.78, 5) is 29.2. The lowest BCUT2D eigenvalue weighted by molar-refractivity contribution is -0.124. The average molecular weight is 435 g/mol. The van der Waals surface area contributed by atoms with Crippen LogP contribution in [-0.2, 0) is 9.53 Å². The van der Waals surface area contributed by atoms with Crippen molar-refractivity contribution in [2.45, 2.75) is 13.0 Å². The van der Waals surface area contributed by atoms with Crippen LogP contribution in [-0.4, -0.2) is 37.7 Å². The number of esters is 1. The summed E-state index contributed by atoms with van der Waals surface area (Å²) in [5.74, 6) is 0.460. The van der Waals surface area contributed by atoms with Crippen molar-refractivity contribution in [3.63, 3.8) is 0 Å². The Hall–Kier alpha value is -4.07. The number of rotatable bonds is 9. The second kappa shape index (κ2) is 10.8. The Morgan fingerprint density at radius 2 is 1.62 bits per heavy atom. The quantitative estimate of drug-likeness (QED) is 0.492. The molecule has 0 aliphatic heterocycles. The Bertz CT molecular complexity index is 1090. The molecule has 0 spiro atoms. The minimum Gasteiger partial charge on any atom is -0.496 e. The molecule has 32 heavy (non-hydrogen) atoms. The number of anilines is 2. The summed E-state index contributed by atoms with van der Waals surface area (Å²) in [6, 6.07) is 17.5. The first-order chi connectivity index (χ1) is 15.5. The number of carbonyl (C=O) groups is 2. The lowest BCUT2D eigenvalue weighted by atomic mass is 10.1. The normalized spacial score (nSPS) is 11.2. The summed E-state index contributed by atoms with van der Waals surface area (Å²) >= 11 is 0. The predicted molar refractivity (Wildman–Crippen MR) is 120 cm³/mol. The molecule has 3 aromatic rings. The van der Waals surface area contributed by atoms with Gasteiger partial charge < -0.3 is 24.8 Å². The maximum atomic E-state index is 12.6. The van der Waals surface area contributed by atoms with Gasteiger partial charge in [0.15, 0.2) is 6.61 Å². The van der Waals surface area contributed by atoms with Gasteiger partial charge in [0.25, 0.3) is 5.91 Å². The molecule has 1 heterocycles. The predicted octanol–water partition coefficient (Wildman–Crippen LogP) is 3.88. The van der Waals surface area contributed by atoms with E-state index in [1.54, 1.807) is 44.7 Å². The van der Waals surface area contributed by atoms with E-state index in [0.29, 0.717) is 23.0 Å². The van der Waals surface area contributed by atoms with Crippen molar-refractivity contribution in [1.29, 1.82) is 0 Å². The van der Waals surface area contributed by atoms with E-state index in [4.69, 9.17) is 14.2 Å². The summed E-state index contributed by atoms with van der Waals surface area (Å²) in [6.07, 6.45) is 1.55. The van der Waals surface area contributed by atoms with Gasteiger partial charge in [-0.05, 0) is 37.3 Å². The summed E-state index contributed by atoms with van der Waals surface area (Å²) in [7, 11) is 3.12. The maximum Gasteiger partial charge on any atom is 0.342 e. The first-order valence-corrected chi connectivity index (χ1v) is 9.98. The van der Waals surface area contributed by atoms with Crippen molar-refractivity contribution in [2.24, 2.45) is 0 Å². The molecule has 0 saturated carbocycles. The topological polar surface area (TPSA) is 98.8 Å². The Kier molecular flexibility index (Phi) is 7.64. The van der Waals surface area contributed by atoms with Crippen molar-refractivity contribution in [1.82, 2.24) is 10.3 Å². The van der Waals surface area contributed by atoms with Gasteiger partial charge in [0.2, 0.25) is 0 Å². The zero-order chi connectivity index (χ0) is 22.9. The van der Waals surface area contributed by atoms with Gasteiger partial charge in [-0.3, -0.25) is 4.79 Å². The van der Waals surface area contributed by atoms with Crippen LogP contribution in [0.2, 0.25) is 0 Å². The summed E-state index contributed by atoms with van der Waals surface area (Å²) in [5.41, 5.74) is 1.67. The molecule has 8 heteroatoms. The summed E-state index contributed by atoms with van der Waals surface area (Å²) in [5, 5.41) is 5.88. The Labute approximate surface area is 186 Å². The second-order valence-corrected chi connectivity index (χ2v) is 6.83. The van der Waals surface area contributed by atoms with Crippen LogP contribution >= 0.6 is 0 Å². The first kappa shape index (κ1) is 22.6. The van der Waals surface area contributed by atoms with Gasteiger partial charge in [0.05, 0.1) is 25.9 Å². The van der Waals surface area contributed by atoms with E-state index in [2.05, 4.69) is 15.6 Å². The monoisotopic (exact) mass is 435 g/mol. The van der Waals surface area contributed by atoms with Crippen LogP contribution in [0.5, 0.6) is 11.5 Å². The molecular formula is C24H25N3O5. The van der Waals surface area contributed by atoms with Crippen LogP contribution in [0.4, 0.5) is 11.5 Å². The van der Waals surface area contributed by atoms with Gasteiger partial charge in [-0.2, -0.15) is 0 Å². The third kappa shape index (κ3) is 5.54. The fraction of sp³-hybridized carbons (Fsp3) is 0.208. The highest BCUT2D eigenvalue weighted by atomic mass is 16.5. The number of aromatic nitrogens is 1. The number of pyridine rings is 1. The fourth-order valence-corrected chi connectivity index (χ4v) is 3.14. The second-order valence-electron chi connectivity index (χ2n) is 6.83. The molecule has 2 aromatic carbocycles. The summed E-state index contributed by atoms with van der Waals surface area (Å²) < 4.78 is 15.9. The molecule has 0 radical (unpaired) electrons. The molecule has 1 atom stereocenters. The molecule has 3 rings (SSSR count). The number of para-hydroxylation sites is 3. The molecule has 0 aliphatic rings. The van der Waals surface area contributed by atoms with Crippen LogP contribution in [0, 0.1) is 0 Å². The molecule has 1 amide bonds. The number of nitrogens with zero attached hydrogens (tertiary/aromatic N) is 1. The number of amides is 1. The Morgan fingerprint density at radius 1 is 0.938 bits per heavy atom. The minimum absolute atomic E-state index is 0.198. The van der Waals surface area contributed by atoms with Crippen LogP contribution in [0.1, 0.15) is 28.9 Å². The zero-order valence-corrected chi connectivity index (χ0v) is 18.1. The molecule has 1 unspecified atom stereocenters. The van der Waals surface area contributed by atoms with Crippen molar-refractivity contribution >= 4 is 23.4 Å². The third-order valence-corrected chi connectivity index (χ3v) is 4.70. The number of hydrogen-bond donors (Lipinski definition) is 2. The zero-order valence-electron chi connectivity index (χ0n) is 18.1. The Morgan fingerprint density at radius 3 is 2.38 bits per heavy atom. The van der Waals surface area contributed by atoms with E-state index in [-0.39, 0.29) is 11.6 Å². The number of ether oxygens (including phenoxy) is 3. The first-order valence-electron chi connectivity index (χ1n) is 9.98. The average Bonchev–Trinajstić information content (AvgIpc) is 2.83. The van der Waals surface area contributed by atoms with Gasteiger partial charge in [-0.1, -0.05) is 30.3 Å². The van der Waals surface area contributed by atoms with E-state index in [1.807, 2.05) is 43.3 Å². The van der Waals surface area contributed by atoms with Crippen LogP contribution in [0.3, 0.4) is 0 Å². The molecule has 0 bridgehead atoms. The highest BCUT2D eigenvalue weighted by Crippen LogP contribution is 2.28. The fourth-order valence-electron chi connectivity index (χ4n) is 3.14. The standard InChI is InChI=1S/C24H25N3O5/c1-16(17-9-4-6-12-20(17)30-2)26-22(28)15-32-24(29)18-10-8-14-25-23(18)27-19-11-5-7-13-21(19)31-3/h4-14,16H,15H2,1-3H3,(H,25,27)(H,26,28). The third-order valence-electron chi connectivity index (χ3n) is 4.70. The van der Waals surface area contributed by atoms with Gasteiger partial charge in [0.1, 0.15) is 22.9 Å². The molecule has 0 saturated heterocycles. The molecule has 0 aliphatic carbocycles. The molecule has 2 N–H and O–H groups in total. The minimum atomic E-state index is -0.671. The lowest BCUT2D eigenvalue weighted by Gasteiger charge is -2.17. The number of nitrogens with one attached hydrogen (secondary N) is 2. The molecular weight excluding hydrogens is 410 g/mol. The van der Waals surface area contributed by atoms with Gasteiger partial charge in [-0.15, -0.1) is 0 Å². The maximum absolute atomic E-state index is 12.6. The van der Waals surface area contributed by atoms with Gasteiger partial charge in [-0.25, -0.2) is 9.78 Å². The lowest BCUT2D eigenvalue weighted by Crippen LogP contribution is -2.31. The largest absolute Gasteiger partial charge is 0.496 e. The van der Waals surface area contributed by atoms with E-state index < -0.39 is 18.5 Å². The van der Waals surface area contributed by atoms with E-state index >= 15 is 0 Å². The van der Waals surface area contributed by atoms with Crippen molar-refractivity contribution in [2.75, 3.05) is 26.1 Å².